The number of rotatable bonds is 5. The van der Waals surface area contributed by atoms with E-state index < -0.39 is 11.9 Å². The molecule has 0 amide bonds. The number of halogens is 4. The highest BCUT2D eigenvalue weighted by molar-refractivity contribution is 6.28. The van der Waals surface area contributed by atoms with E-state index in [0.717, 1.165) is 11.8 Å². The largest absolute Gasteiger partial charge is 0.434 e. The summed E-state index contributed by atoms with van der Waals surface area (Å²) in [5, 5.41) is 12.1. The molecule has 0 saturated carbocycles. The van der Waals surface area contributed by atoms with Crippen molar-refractivity contribution in [2.75, 3.05) is 5.32 Å². The monoisotopic (exact) mass is 420 g/mol. The normalized spacial score (nSPS) is 11.5. The Morgan fingerprint density at radius 1 is 1.21 bits per heavy atom. The van der Waals surface area contributed by atoms with E-state index in [-0.39, 0.29) is 22.7 Å². The molecule has 1 N–H and O–H groups in total. The Morgan fingerprint density at radius 2 is 1.90 bits per heavy atom. The molecule has 0 saturated heterocycles. The second-order valence-electron chi connectivity index (χ2n) is 6.51. The van der Waals surface area contributed by atoms with Gasteiger partial charge in [-0.25, -0.2) is 9.97 Å². The molecule has 0 bridgehead atoms. The smallest absolute Gasteiger partial charge is 0.365 e. The average molecular weight is 421 g/mol. The van der Waals surface area contributed by atoms with Crippen molar-refractivity contribution < 1.29 is 13.2 Å². The van der Waals surface area contributed by atoms with Crippen LogP contribution in [-0.4, -0.2) is 19.5 Å². The summed E-state index contributed by atoms with van der Waals surface area (Å²) in [5.74, 6) is 0.558. The Hall–Kier alpha value is -3.12. The van der Waals surface area contributed by atoms with E-state index in [2.05, 4.69) is 20.3 Å². The molecule has 2 aromatic heterocycles. The summed E-state index contributed by atoms with van der Waals surface area (Å²) < 4.78 is 40.6. The van der Waals surface area contributed by atoms with Gasteiger partial charge in [-0.05, 0) is 31.0 Å². The molecule has 3 aromatic rings. The lowest BCUT2D eigenvalue weighted by Gasteiger charge is -2.12. The molecule has 0 aliphatic rings. The molecule has 6 nitrogen and oxygen atoms in total. The molecule has 150 valence electrons. The van der Waals surface area contributed by atoms with E-state index in [1.165, 1.54) is 10.8 Å². The van der Waals surface area contributed by atoms with E-state index in [1.807, 2.05) is 6.07 Å². The Morgan fingerprint density at radius 3 is 2.48 bits per heavy atom. The molecule has 1 aromatic carbocycles. The van der Waals surface area contributed by atoms with Crippen molar-refractivity contribution in [1.29, 1.82) is 5.26 Å². The van der Waals surface area contributed by atoms with Crippen LogP contribution in [0.5, 0.6) is 0 Å². The van der Waals surface area contributed by atoms with Crippen molar-refractivity contribution in [1.82, 2.24) is 19.5 Å². The lowest BCUT2D eigenvalue weighted by atomic mass is 10.1. The van der Waals surface area contributed by atoms with E-state index in [1.54, 1.807) is 38.1 Å². The predicted molar refractivity (Wildman–Crippen MR) is 102 cm³/mol. The van der Waals surface area contributed by atoms with Gasteiger partial charge in [-0.2, -0.15) is 23.4 Å². The molecule has 0 radical (unpaired) electrons. The second-order valence-corrected chi connectivity index (χ2v) is 6.85. The first-order valence-electron chi connectivity index (χ1n) is 8.61. The van der Waals surface area contributed by atoms with Gasteiger partial charge in [-0.15, -0.1) is 0 Å². The lowest BCUT2D eigenvalue weighted by molar-refractivity contribution is -0.140. The number of aromatic nitrogens is 4. The quantitative estimate of drug-likeness (QED) is 0.582. The van der Waals surface area contributed by atoms with Crippen molar-refractivity contribution in [2.24, 2.45) is 0 Å². The van der Waals surface area contributed by atoms with Gasteiger partial charge in [0.05, 0.1) is 6.20 Å². The van der Waals surface area contributed by atoms with Crippen molar-refractivity contribution in [3.63, 3.8) is 0 Å². The summed E-state index contributed by atoms with van der Waals surface area (Å²) in [5.41, 5.74) is 0.744. The Balaban J connectivity index is 1.82. The third-order valence-corrected chi connectivity index (χ3v) is 4.31. The molecule has 0 spiro atoms. The maximum atomic E-state index is 13.0. The molecule has 0 aliphatic carbocycles. The third kappa shape index (κ3) is 4.66. The molecule has 0 unspecified atom stereocenters. The van der Waals surface area contributed by atoms with Gasteiger partial charge in [0.25, 0.3) is 0 Å². The molecular formula is C19H16ClF3N6. The molecule has 0 fully saturated rings. The summed E-state index contributed by atoms with van der Waals surface area (Å²) in [6.45, 7) is 3.93. The first kappa shape index (κ1) is 20.6. The Labute approximate surface area is 170 Å². The van der Waals surface area contributed by atoms with Crippen molar-refractivity contribution >= 4 is 17.4 Å². The number of anilines is 1. The second kappa shape index (κ2) is 8.09. The zero-order valence-corrected chi connectivity index (χ0v) is 16.3. The summed E-state index contributed by atoms with van der Waals surface area (Å²) >= 11 is 5.76. The molecule has 2 heterocycles. The maximum Gasteiger partial charge on any atom is 0.434 e. The van der Waals surface area contributed by atoms with Crippen LogP contribution < -0.4 is 5.32 Å². The predicted octanol–water partition coefficient (Wildman–Crippen LogP) is 5.08. The van der Waals surface area contributed by atoms with Crippen LogP contribution in [0.3, 0.4) is 0 Å². The first-order chi connectivity index (χ1) is 13.7. The number of benzene rings is 1. The van der Waals surface area contributed by atoms with Crippen LogP contribution in [-0.2, 0) is 12.7 Å². The maximum absolute atomic E-state index is 13.0. The fourth-order valence-electron chi connectivity index (χ4n) is 2.67. The van der Waals surface area contributed by atoms with Gasteiger partial charge < -0.3 is 9.88 Å². The van der Waals surface area contributed by atoms with Gasteiger partial charge in [-0.1, -0.05) is 24.3 Å². The van der Waals surface area contributed by atoms with Crippen LogP contribution in [0.2, 0.25) is 5.28 Å². The highest BCUT2D eigenvalue weighted by Gasteiger charge is 2.35. The van der Waals surface area contributed by atoms with Gasteiger partial charge in [0.2, 0.25) is 5.28 Å². The summed E-state index contributed by atoms with van der Waals surface area (Å²) in [6, 6.07) is 8.74. The summed E-state index contributed by atoms with van der Waals surface area (Å²) in [7, 11) is 0. The van der Waals surface area contributed by atoms with Gasteiger partial charge >= 0.3 is 6.18 Å². The minimum Gasteiger partial charge on any atom is -0.365 e. The minimum absolute atomic E-state index is 0.0165. The van der Waals surface area contributed by atoms with Gasteiger partial charge in [0.1, 0.15) is 23.3 Å². The molecule has 0 aliphatic heterocycles. The van der Waals surface area contributed by atoms with Crippen molar-refractivity contribution in [3.05, 3.63) is 58.8 Å². The first-order valence-corrected chi connectivity index (χ1v) is 8.98. The standard InChI is InChI=1S/C19H16ClF3N6/c1-11(2)29-10-15(19(21,22)23)27-17(29)13-5-3-12(4-6-13)8-25-16-14(7-24)9-26-18(20)28-16/h3-6,9-11H,8H2,1-2H3,(H,25,26,28). The van der Waals surface area contributed by atoms with Crippen LogP contribution >= 0.6 is 11.6 Å². The van der Waals surface area contributed by atoms with Gasteiger partial charge in [0, 0.05) is 24.3 Å². The van der Waals surface area contributed by atoms with E-state index in [4.69, 9.17) is 16.9 Å². The topological polar surface area (TPSA) is 79.4 Å². The fourth-order valence-corrected chi connectivity index (χ4v) is 2.81. The number of nitrogens with one attached hydrogen (secondary N) is 1. The highest BCUT2D eigenvalue weighted by atomic mass is 35.5. The highest BCUT2D eigenvalue weighted by Crippen LogP contribution is 2.32. The number of nitrogens with zero attached hydrogens (tertiary/aromatic N) is 5. The average Bonchev–Trinajstić information content (AvgIpc) is 3.13. The molecule has 0 atom stereocenters. The summed E-state index contributed by atoms with van der Waals surface area (Å²) in [6.07, 6.45) is -2.15. The van der Waals surface area contributed by atoms with E-state index in [9.17, 15) is 13.2 Å². The van der Waals surface area contributed by atoms with Crippen LogP contribution in [0.4, 0.5) is 19.0 Å². The van der Waals surface area contributed by atoms with Crippen LogP contribution in [0.15, 0.2) is 36.7 Å². The van der Waals surface area contributed by atoms with Crippen molar-refractivity contribution in [2.45, 2.75) is 32.6 Å². The minimum atomic E-state index is -4.50. The van der Waals surface area contributed by atoms with Crippen LogP contribution in [0.1, 0.15) is 36.7 Å². The zero-order valence-electron chi connectivity index (χ0n) is 15.5. The fraction of sp³-hybridized carbons (Fsp3) is 0.263. The van der Waals surface area contributed by atoms with Gasteiger partial charge in [-0.3, -0.25) is 0 Å². The Kier molecular flexibility index (Phi) is 5.75. The lowest BCUT2D eigenvalue weighted by Crippen LogP contribution is -2.05. The number of nitriles is 1. The van der Waals surface area contributed by atoms with Gasteiger partial charge in [0.15, 0.2) is 5.69 Å². The van der Waals surface area contributed by atoms with Crippen LogP contribution in [0.25, 0.3) is 11.4 Å². The number of hydrogen-bond donors (Lipinski definition) is 1. The van der Waals surface area contributed by atoms with Crippen LogP contribution in [0, 0.1) is 11.3 Å². The Bertz CT molecular complexity index is 1050. The van der Waals surface area contributed by atoms with E-state index in [0.29, 0.717) is 17.9 Å². The molecule has 3 rings (SSSR count). The zero-order chi connectivity index (χ0) is 21.2. The van der Waals surface area contributed by atoms with E-state index >= 15 is 0 Å². The SMILES string of the molecule is CC(C)n1cc(C(F)(F)F)nc1-c1ccc(CNc2nc(Cl)ncc2C#N)cc1. The molecule has 29 heavy (non-hydrogen) atoms. The summed E-state index contributed by atoms with van der Waals surface area (Å²) in [4.78, 5) is 11.5. The molecule has 10 heteroatoms. The molecular weight excluding hydrogens is 405 g/mol. The number of imidazole rings is 1. The number of hydrogen-bond acceptors (Lipinski definition) is 5. The van der Waals surface area contributed by atoms with Crippen molar-refractivity contribution in [3.8, 4) is 17.5 Å². The third-order valence-electron chi connectivity index (χ3n) is 4.13. The number of alkyl halides is 3.